The van der Waals surface area contributed by atoms with Gasteiger partial charge in [0.1, 0.15) is 6.33 Å². The second-order valence-corrected chi connectivity index (χ2v) is 8.63. The second kappa shape index (κ2) is 6.13. The number of hydrogen-bond donors (Lipinski definition) is 1. The van der Waals surface area contributed by atoms with Gasteiger partial charge in [-0.25, -0.2) is 13.1 Å². The van der Waals surface area contributed by atoms with Crippen molar-refractivity contribution in [3.63, 3.8) is 0 Å². The topological polar surface area (TPSA) is 89.8 Å². The molecule has 7 nitrogen and oxygen atoms in total. The summed E-state index contributed by atoms with van der Waals surface area (Å²) < 4.78 is 24.2. The van der Waals surface area contributed by atoms with Gasteiger partial charge in [0.15, 0.2) is 9.84 Å². The molecule has 0 saturated carbocycles. The third-order valence-electron chi connectivity index (χ3n) is 3.84. The number of hydrogen-bond acceptors (Lipinski definition) is 6. The molecule has 2 aromatic rings. The maximum atomic E-state index is 11.7. The Bertz CT molecular complexity index is 708. The van der Waals surface area contributed by atoms with Gasteiger partial charge in [-0.3, -0.25) is 0 Å². The highest BCUT2D eigenvalue weighted by Crippen LogP contribution is 2.18. The lowest BCUT2D eigenvalue weighted by molar-refractivity contribution is 0.489. The van der Waals surface area contributed by atoms with Crippen LogP contribution in [0, 0.1) is 0 Å². The molecule has 22 heavy (non-hydrogen) atoms. The monoisotopic (exact) mass is 323 g/mol. The molecule has 1 aromatic carbocycles. The first-order valence-electron chi connectivity index (χ1n) is 6.97. The highest BCUT2D eigenvalue weighted by molar-refractivity contribution is 7.92. The van der Waals surface area contributed by atoms with Crippen molar-refractivity contribution >= 4 is 9.84 Å². The van der Waals surface area contributed by atoms with Crippen LogP contribution in [0.1, 0.15) is 32.4 Å². The second-order valence-electron chi connectivity index (χ2n) is 5.98. The van der Waals surface area contributed by atoms with Crippen molar-refractivity contribution in [3.05, 3.63) is 36.2 Å². The van der Waals surface area contributed by atoms with E-state index >= 15 is 0 Å². The van der Waals surface area contributed by atoms with E-state index in [4.69, 9.17) is 0 Å². The lowest BCUT2D eigenvalue weighted by atomic mass is 10.1. The van der Waals surface area contributed by atoms with Crippen LogP contribution in [0.3, 0.4) is 0 Å². The molecule has 1 heterocycles. The molecule has 120 valence electrons. The van der Waals surface area contributed by atoms with Crippen LogP contribution in [0.4, 0.5) is 0 Å². The largest absolute Gasteiger partial charge is 0.309 e. The fraction of sp³-hybridized carbons (Fsp3) is 0.500. The molecule has 1 atom stereocenters. The van der Waals surface area contributed by atoms with Crippen molar-refractivity contribution in [1.82, 2.24) is 25.5 Å². The van der Waals surface area contributed by atoms with Crippen LogP contribution in [0.2, 0.25) is 0 Å². The van der Waals surface area contributed by atoms with Crippen LogP contribution >= 0.6 is 0 Å². The molecule has 0 unspecified atom stereocenters. The third-order valence-corrected chi connectivity index (χ3v) is 6.00. The summed E-state index contributed by atoms with van der Waals surface area (Å²) in [4.78, 5) is 0. The fourth-order valence-electron chi connectivity index (χ4n) is 1.84. The molecular formula is C14H21N5O2S. The van der Waals surface area contributed by atoms with Gasteiger partial charge in [0.2, 0.25) is 0 Å². The van der Waals surface area contributed by atoms with Crippen molar-refractivity contribution < 1.29 is 8.42 Å². The SMILES string of the molecule is C[C@@H](NCC(C)(C)S(C)(=O)=O)c1ccc(-n2cnnn2)cc1. The molecule has 0 radical (unpaired) electrons. The molecule has 0 aliphatic heterocycles. The number of nitrogens with one attached hydrogen (secondary N) is 1. The first kappa shape index (κ1) is 16.6. The van der Waals surface area contributed by atoms with Crippen molar-refractivity contribution in [2.45, 2.75) is 31.6 Å². The normalized spacial score (nSPS) is 14.0. The van der Waals surface area contributed by atoms with Crippen molar-refractivity contribution in [3.8, 4) is 5.69 Å². The maximum absolute atomic E-state index is 11.7. The maximum Gasteiger partial charge on any atom is 0.153 e. The van der Waals surface area contributed by atoms with Gasteiger partial charge in [0, 0.05) is 18.8 Å². The van der Waals surface area contributed by atoms with Crippen LogP contribution in [-0.2, 0) is 9.84 Å². The zero-order valence-corrected chi connectivity index (χ0v) is 14.0. The van der Waals surface area contributed by atoms with Gasteiger partial charge in [-0.1, -0.05) is 12.1 Å². The number of nitrogens with zero attached hydrogens (tertiary/aromatic N) is 4. The molecule has 2 rings (SSSR count). The average Bonchev–Trinajstić information content (AvgIpc) is 2.98. The van der Waals surface area contributed by atoms with E-state index in [0.29, 0.717) is 6.54 Å². The Morgan fingerprint density at radius 2 is 1.91 bits per heavy atom. The number of tetrazole rings is 1. The lowest BCUT2D eigenvalue weighted by Gasteiger charge is -2.25. The summed E-state index contributed by atoms with van der Waals surface area (Å²) >= 11 is 0. The van der Waals surface area contributed by atoms with Gasteiger partial charge in [0.25, 0.3) is 0 Å². The van der Waals surface area contributed by atoms with Gasteiger partial charge in [0.05, 0.1) is 10.4 Å². The molecule has 0 spiro atoms. The van der Waals surface area contributed by atoms with Gasteiger partial charge in [-0.2, -0.15) is 0 Å². The standard InChI is InChI=1S/C14H21N5O2S/c1-11(15-9-14(2,3)22(4,20)21)12-5-7-13(8-6-12)19-10-16-17-18-19/h5-8,10-11,15H,9H2,1-4H3/t11-/m1/s1. The Morgan fingerprint density at radius 1 is 1.27 bits per heavy atom. The predicted octanol–water partition coefficient (Wildman–Crippen LogP) is 1.14. The van der Waals surface area contributed by atoms with Crippen molar-refractivity contribution in [2.75, 3.05) is 12.8 Å². The summed E-state index contributed by atoms with van der Waals surface area (Å²) in [5, 5.41) is 14.3. The van der Waals surface area contributed by atoms with Gasteiger partial charge < -0.3 is 5.32 Å². The van der Waals surface area contributed by atoms with E-state index in [1.165, 1.54) is 12.6 Å². The number of aromatic nitrogens is 4. The Hall–Kier alpha value is -1.80. The summed E-state index contributed by atoms with van der Waals surface area (Å²) in [5.74, 6) is 0. The number of benzene rings is 1. The average molecular weight is 323 g/mol. The zero-order valence-electron chi connectivity index (χ0n) is 13.2. The molecule has 0 aliphatic rings. The van der Waals surface area contributed by atoms with E-state index in [0.717, 1.165) is 11.3 Å². The van der Waals surface area contributed by atoms with Crippen LogP contribution in [-0.4, -0.2) is 46.2 Å². The lowest BCUT2D eigenvalue weighted by Crippen LogP contribution is -2.42. The summed E-state index contributed by atoms with van der Waals surface area (Å²) in [7, 11) is -3.10. The molecule has 0 saturated heterocycles. The van der Waals surface area contributed by atoms with Crippen molar-refractivity contribution in [1.29, 1.82) is 0 Å². The molecular weight excluding hydrogens is 302 g/mol. The van der Waals surface area contributed by atoms with Crippen LogP contribution < -0.4 is 5.32 Å². The first-order chi connectivity index (χ1) is 10.2. The quantitative estimate of drug-likeness (QED) is 0.857. The zero-order chi connectivity index (χ0) is 16.4. The van der Waals surface area contributed by atoms with Crippen molar-refractivity contribution in [2.24, 2.45) is 0 Å². The van der Waals surface area contributed by atoms with E-state index in [1.54, 1.807) is 18.5 Å². The van der Waals surface area contributed by atoms with E-state index < -0.39 is 14.6 Å². The van der Waals surface area contributed by atoms with Crippen LogP contribution in [0.15, 0.2) is 30.6 Å². The Labute approximate surface area is 130 Å². The summed E-state index contributed by atoms with van der Waals surface area (Å²) in [6.45, 7) is 5.85. The van der Waals surface area contributed by atoms with E-state index in [-0.39, 0.29) is 6.04 Å². The summed E-state index contributed by atoms with van der Waals surface area (Å²) in [5.41, 5.74) is 1.94. The predicted molar refractivity (Wildman–Crippen MR) is 84.5 cm³/mol. The van der Waals surface area contributed by atoms with E-state index in [9.17, 15) is 8.42 Å². The van der Waals surface area contributed by atoms with Crippen LogP contribution in [0.25, 0.3) is 5.69 Å². The fourth-order valence-corrected chi connectivity index (χ4v) is 2.19. The van der Waals surface area contributed by atoms with E-state index in [1.807, 2.05) is 31.2 Å². The van der Waals surface area contributed by atoms with Gasteiger partial charge in [-0.15, -0.1) is 5.10 Å². The molecule has 1 N–H and O–H groups in total. The smallest absolute Gasteiger partial charge is 0.153 e. The number of rotatable bonds is 6. The summed E-state index contributed by atoms with van der Waals surface area (Å²) in [6.07, 6.45) is 2.80. The molecule has 8 heteroatoms. The molecule has 0 fully saturated rings. The Balaban J connectivity index is 2.03. The van der Waals surface area contributed by atoms with E-state index in [2.05, 4.69) is 20.8 Å². The van der Waals surface area contributed by atoms with Crippen LogP contribution in [0.5, 0.6) is 0 Å². The minimum atomic E-state index is -3.10. The summed E-state index contributed by atoms with van der Waals surface area (Å²) in [6, 6.07) is 7.84. The Kier molecular flexibility index (Phi) is 4.62. The first-order valence-corrected chi connectivity index (χ1v) is 8.86. The Morgan fingerprint density at radius 3 is 2.41 bits per heavy atom. The minimum absolute atomic E-state index is 0.0453. The molecule has 0 aliphatic carbocycles. The number of sulfone groups is 1. The molecule has 0 bridgehead atoms. The molecule has 1 aromatic heterocycles. The van der Waals surface area contributed by atoms with Gasteiger partial charge in [-0.05, 0) is 48.9 Å². The highest BCUT2D eigenvalue weighted by atomic mass is 32.2. The minimum Gasteiger partial charge on any atom is -0.309 e. The van der Waals surface area contributed by atoms with Gasteiger partial charge >= 0.3 is 0 Å². The highest BCUT2D eigenvalue weighted by Gasteiger charge is 2.30. The molecule has 0 amide bonds. The third kappa shape index (κ3) is 3.69.